The van der Waals surface area contributed by atoms with Crippen LogP contribution in [0.3, 0.4) is 0 Å². The molecule has 2 aromatic carbocycles. The molecule has 0 unspecified atom stereocenters. The molecule has 40 heavy (non-hydrogen) atoms. The Morgan fingerprint density at radius 1 is 0.850 bits per heavy atom. The van der Waals surface area contributed by atoms with E-state index in [0.717, 1.165) is 18.2 Å². The lowest BCUT2D eigenvalue weighted by atomic mass is 10.1. The van der Waals surface area contributed by atoms with Gasteiger partial charge in [0.2, 0.25) is 5.88 Å². The molecule has 3 aromatic rings. The molecule has 1 aromatic heterocycles. The highest BCUT2D eigenvalue weighted by Crippen LogP contribution is 2.33. The molecule has 0 aliphatic carbocycles. The second-order valence-electron chi connectivity index (χ2n) is 8.94. The monoisotopic (exact) mass is 566 g/mol. The molecule has 0 radical (unpaired) electrons. The number of aromatic nitrogens is 1. The number of piperazine rings is 1. The number of ether oxygens (including phenoxy) is 1. The largest absolute Gasteiger partial charge is 0.417 e. The van der Waals surface area contributed by atoms with Crippen molar-refractivity contribution in [1.29, 1.82) is 0 Å². The first kappa shape index (κ1) is 28.7. The van der Waals surface area contributed by atoms with Crippen molar-refractivity contribution in [3.63, 3.8) is 0 Å². The number of pyridine rings is 1. The molecule has 1 aliphatic heterocycles. The van der Waals surface area contributed by atoms with Crippen molar-refractivity contribution in [3.8, 4) is 5.88 Å². The van der Waals surface area contributed by atoms with E-state index in [0.29, 0.717) is 30.8 Å². The van der Waals surface area contributed by atoms with E-state index < -0.39 is 35.5 Å². The number of amides is 2. The number of nitrogens with one attached hydrogen (secondary N) is 1. The molecule has 0 spiro atoms. The van der Waals surface area contributed by atoms with Crippen molar-refractivity contribution in [3.05, 3.63) is 89.1 Å². The van der Waals surface area contributed by atoms with Crippen LogP contribution in [-0.2, 0) is 18.8 Å². The van der Waals surface area contributed by atoms with Crippen molar-refractivity contribution >= 4 is 17.7 Å². The summed E-state index contributed by atoms with van der Waals surface area (Å²) in [7, 11) is 0. The van der Waals surface area contributed by atoms with E-state index in [4.69, 9.17) is 4.74 Å². The fourth-order valence-corrected chi connectivity index (χ4v) is 4.18. The van der Waals surface area contributed by atoms with E-state index in [2.05, 4.69) is 10.3 Å². The van der Waals surface area contributed by atoms with Crippen LogP contribution in [0.15, 0.2) is 66.9 Å². The minimum absolute atomic E-state index is 0.0216. The predicted octanol–water partition coefficient (Wildman–Crippen LogP) is 5.41. The Labute approximate surface area is 225 Å². The van der Waals surface area contributed by atoms with Gasteiger partial charge in [0.15, 0.2) is 0 Å². The van der Waals surface area contributed by atoms with Gasteiger partial charge < -0.3 is 19.9 Å². The first-order valence-electron chi connectivity index (χ1n) is 12.2. The summed E-state index contributed by atoms with van der Waals surface area (Å²) in [6.07, 6.45) is -8.05. The van der Waals surface area contributed by atoms with Crippen molar-refractivity contribution in [2.45, 2.75) is 18.8 Å². The van der Waals surface area contributed by atoms with Crippen LogP contribution in [0.1, 0.15) is 27.0 Å². The molecule has 0 saturated carbocycles. The normalized spacial score (nSPS) is 14.2. The molecule has 2 amide bonds. The Hall–Kier alpha value is -4.29. The molecule has 0 atom stereocenters. The molecule has 1 N–H and O–H groups in total. The lowest BCUT2D eigenvalue weighted by molar-refractivity contribution is -0.138. The second kappa shape index (κ2) is 11.8. The third-order valence-electron chi connectivity index (χ3n) is 6.28. The average Bonchev–Trinajstić information content (AvgIpc) is 2.92. The summed E-state index contributed by atoms with van der Waals surface area (Å²) in [6.45, 7) is 1.30. The van der Waals surface area contributed by atoms with Gasteiger partial charge in [-0.15, -0.1) is 0 Å². The van der Waals surface area contributed by atoms with Crippen LogP contribution in [0.2, 0.25) is 0 Å². The summed E-state index contributed by atoms with van der Waals surface area (Å²) in [5.74, 6) is -0.660. The minimum atomic E-state index is -4.63. The topological polar surface area (TPSA) is 74.8 Å². The zero-order valence-corrected chi connectivity index (χ0v) is 20.9. The van der Waals surface area contributed by atoms with Gasteiger partial charge in [-0.05, 0) is 42.3 Å². The molecule has 4 rings (SSSR count). The molecular weight excluding hydrogens is 542 g/mol. The summed E-state index contributed by atoms with van der Waals surface area (Å²) < 4.78 is 82.9. The summed E-state index contributed by atoms with van der Waals surface area (Å²) in [6, 6.07) is 12.5. The zero-order chi connectivity index (χ0) is 28.9. The van der Waals surface area contributed by atoms with Crippen LogP contribution < -0.4 is 15.0 Å². The van der Waals surface area contributed by atoms with Gasteiger partial charge >= 0.3 is 18.4 Å². The molecule has 1 aliphatic rings. The Bertz CT molecular complexity index is 1320. The van der Waals surface area contributed by atoms with Crippen molar-refractivity contribution in [2.75, 3.05) is 37.6 Å². The number of benzene rings is 2. The fourth-order valence-electron chi connectivity index (χ4n) is 4.18. The Balaban J connectivity index is 1.24. The molecule has 1 saturated heterocycles. The van der Waals surface area contributed by atoms with E-state index in [-0.39, 0.29) is 31.1 Å². The minimum Gasteiger partial charge on any atom is -0.391 e. The molecule has 13 heteroatoms. The first-order chi connectivity index (χ1) is 18.9. The summed E-state index contributed by atoms with van der Waals surface area (Å²) in [4.78, 5) is 32.2. The number of rotatable bonds is 6. The maximum atomic E-state index is 13.3. The van der Waals surface area contributed by atoms with E-state index in [1.807, 2.05) is 4.90 Å². The van der Waals surface area contributed by atoms with Crippen molar-refractivity contribution in [2.24, 2.45) is 0 Å². The van der Waals surface area contributed by atoms with Crippen LogP contribution in [0.4, 0.5) is 36.8 Å². The zero-order valence-electron chi connectivity index (χ0n) is 20.9. The van der Waals surface area contributed by atoms with Gasteiger partial charge in [-0.25, -0.2) is 9.78 Å². The number of hydrogen-bond acceptors (Lipinski definition) is 5. The van der Waals surface area contributed by atoms with Crippen LogP contribution >= 0.6 is 0 Å². The third-order valence-corrected chi connectivity index (χ3v) is 6.28. The Morgan fingerprint density at radius 2 is 1.52 bits per heavy atom. The number of anilines is 1. The van der Waals surface area contributed by atoms with Gasteiger partial charge in [-0.3, -0.25) is 4.79 Å². The smallest absolute Gasteiger partial charge is 0.391 e. The Kier molecular flexibility index (Phi) is 8.50. The lowest BCUT2D eigenvalue weighted by Crippen LogP contribution is -2.49. The highest BCUT2D eigenvalue weighted by atomic mass is 19.4. The maximum absolute atomic E-state index is 13.3. The quantitative estimate of drug-likeness (QED) is 0.404. The maximum Gasteiger partial charge on any atom is 0.417 e. The van der Waals surface area contributed by atoms with Gasteiger partial charge in [0, 0.05) is 38.8 Å². The molecule has 1 fully saturated rings. The highest BCUT2D eigenvalue weighted by molar-refractivity contribution is 5.96. The van der Waals surface area contributed by atoms with E-state index in [9.17, 15) is 35.9 Å². The van der Waals surface area contributed by atoms with Crippen LogP contribution in [0.5, 0.6) is 5.88 Å². The van der Waals surface area contributed by atoms with Gasteiger partial charge in [0.05, 0.1) is 28.6 Å². The van der Waals surface area contributed by atoms with Gasteiger partial charge in [-0.2, -0.15) is 26.3 Å². The van der Waals surface area contributed by atoms with E-state index in [1.165, 1.54) is 47.5 Å². The first-order valence-corrected chi connectivity index (χ1v) is 12.2. The summed E-state index contributed by atoms with van der Waals surface area (Å²) >= 11 is 0. The number of carbonyl (C=O) groups excluding carboxylic acids is 2. The number of halogens is 6. The van der Waals surface area contributed by atoms with Crippen LogP contribution in [-0.4, -0.2) is 54.6 Å². The number of carbonyl (C=O) groups is 2. The highest BCUT2D eigenvalue weighted by Gasteiger charge is 2.36. The van der Waals surface area contributed by atoms with Crippen molar-refractivity contribution in [1.82, 2.24) is 15.2 Å². The van der Waals surface area contributed by atoms with Crippen molar-refractivity contribution < 1.29 is 40.7 Å². The van der Waals surface area contributed by atoms with E-state index in [1.54, 1.807) is 6.07 Å². The van der Waals surface area contributed by atoms with E-state index >= 15 is 0 Å². The SMILES string of the molecule is O=C(NCCc1ccc(C(F)(F)F)cc1)Oc1ccc(N2CCN(C(=O)c3ccccc3C(F)(F)F)CC2)cn1. The molecule has 2 heterocycles. The third kappa shape index (κ3) is 7.21. The second-order valence-corrected chi connectivity index (χ2v) is 8.94. The average molecular weight is 567 g/mol. The standard InChI is InChI=1S/C27H24F6N4O3/c28-26(29,30)19-7-5-18(6-8-19)11-12-34-25(39)40-23-10-9-20(17-35-23)36-13-15-37(16-14-36)24(38)21-3-1-2-4-22(21)27(31,32)33/h1-10,17H,11-16H2,(H,34,39). The predicted molar refractivity (Wildman–Crippen MR) is 133 cm³/mol. The van der Waals surface area contributed by atoms with Gasteiger partial charge in [0.1, 0.15) is 0 Å². The number of nitrogens with zero attached hydrogens (tertiary/aromatic N) is 3. The van der Waals surface area contributed by atoms with Gasteiger partial charge in [-0.1, -0.05) is 24.3 Å². The molecular formula is C27H24F6N4O3. The van der Waals surface area contributed by atoms with Crippen LogP contribution in [0.25, 0.3) is 0 Å². The summed E-state index contributed by atoms with van der Waals surface area (Å²) in [5.41, 5.74) is -0.810. The molecule has 212 valence electrons. The van der Waals surface area contributed by atoms with Gasteiger partial charge in [0.25, 0.3) is 5.91 Å². The summed E-state index contributed by atoms with van der Waals surface area (Å²) in [5, 5.41) is 2.50. The Morgan fingerprint density at radius 3 is 2.12 bits per heavy atom. The number of hydrogen-bond donors (Lipinski definition) is 1. The number of alkyl halides is 6. The molecule has 7 nitrogen and oxygen atoms in total. The fraction of sp³-hybridized carbons (Fsp3) is 0.296. The van der Waals surface area contributed by atoms with Crippen LogP contribution in [0, 0.1) is 0 Å². The lowest BCUT2D eigenvalue weighted by Gasteiger charge is -2.36. The molecule has 0 bridgehead atoms.